The Balaban J connectivity index is 1.76. The fourth-order valence-electron chi connectivity index (χ4n) is 5.64. The molecule has 0 amide bonds. The molecular formula is C31H29B. The van der Waals surface area contributed by atoms with Crippen LogP contribution in [0, 0.1) is 27.7 Å². The first-order valence-electron chi connectivity index (χ1n) is 11.5. The molecule has 0 bridgehead atoms. The fraction of sp³-hybridized carbons (Fsp3) is 0.161. The Morgan fingerprint density at radius 3 is 1.88 bits per heavy atom. The second-order valence-corrected chi connectivity index (χ2v) is 9.26. The van der Waals surface area contributed by atoms with E-state index in [4.69, 9.17) is 0 Å². The molecule has 0 unspecified atom stereocenters. The number of hydrogen-bond donors (Lipinski definition) is 0. The molecular weight excluding hydrogens is 383 g/mol. The zero-order chi connectivity index (χ0) is 22.4. The number of rotatable bonds is 3. The Kier molecular flexibility index (Phi) is 5.14. The summed E-state index contributed by atoms with van der Waals surface area (Å²) >= 11 is 0. The minimum absolute atomic E-state index is 0.286. The minimum Gasteiger partial charge on any atom is -0.0985 e. The van der Waals surface area contributed by atoms with Gasteiger partial charge >= 0.3 is 0 Å². The van der Waals surface area contributed by atoms with Crippen molar-refractivity contribution in [3.05, 3.63) is 118 Å². The number of fused-ring (bicyclic) bond motifs is 2. The maximum atomic E-state index is 3.88. The number of benzene rings is 4. The molecule has 0 fully saturated rings. The smallest absolute Gasteiger partial charge is 0.0985 e. The van der Waals surface area contributed by atoms with Gasteiger partial charge in [-0.05, 0) is 61.9 Å². The molecule has 1 aliphatic rings. The Morgan fingerprint density at radius 2 is 1.22 bits per heavy atom. The molecule has 0 saturated carbocycles. The van der Waals surface area contributed by atoms with Crippen LogP contribution in [-0.4, -0.2) is 6.71 Å². The van der Waals surface area contributed by atoms with Crippen molar-refractivity contribution in [3.63, 3.8) is 0 Å². The molecule has 156 valence electrons. The first-order chi connectivity index (χ1) is 15.5. The van der Waals surface area contributed by atoms with Crippen molar-refractivity contribution in [3.8, 4) is 11.1 Å². The quantitative estimate of drug-likeness (QED) is 0.336. The molecule has 32 heavy (non-hydrogen) atoms. The van der Waals surface area contributed by atoms with E-state index >= 15 is 0 Å². The normalized spacial score (nSPS) is 12.3. The van der Waals surface area contributed by atoms with Gasteiger partial charge in [-0.2, -0.15) is 0 Å². The highest BCUT2D eigenvalue weighted by Crippen LogP contribution is 2.26. The van der Waals surface area contributed by atoms with Crippen molar-refractivity contribution in [2.75, 3.05) is 0 Å². The fourth-order valence-corrected chi connectivity index (χ4v) is 5.64. The van der Waals surface area contributed by atoms with E-state index in [1.54, 1.807) is 0 Å². The van der Waals surface area contributed by atoms with Gasteiger partial charge in [-0.1, -0.05) is 124 Å². The average Bonchev–Trinajstić information content (AvgIpc) is 2.78. The molecule has 0 atom stereocenters. The summed E-state index contributed by atoms with van der Waals surface area (Å²) in [5, 5.41) is 0. The highest BCUT2D eigenvalue weighted by atomic mass is 14.2. The molecule has 4 aromatic carbocycles. The number of hydrogen-bond acceptors (Lipinski definition) is 0. The van der Waals surface area contributed by atoms with Crippen molar-refractivity contribution in [1.29, 1.82) is 0 Å². The largest absolute Gasteiger partial charge is 0.243 e. The first kappa shape index (κ1) is 20.6. The summed E-state index contributed by atoms with van der Waals surface area (Å²) in [5.74, 6) is 0. The van der Waals surface area contributed by atoms with Crippen LogP contribution in [0.15, 0.2) is 79.4 Å². The Labute approximate surface area is 192 Å². The van der Waals surface area contributed by atoms with E-state index in [9.17, 15) is 0 Å². The Hall–Kier alpha value is -3.32. The van der Waals surface area contributed by atoms with Crippen molar-refractivity contribution in [2.24, 2.45) is 0 Å². The van der Waals surface area contributed by atoms with E-state index in [1.807, 2.05) is 6.08 Å². The van der Waals surface area contributed by atoms with E-state index in [2.05, 4.69) is 107 Å². The summed E-state index contributed by atoms with van der Waals surface area (Å²) in [6.45, 7) is 13.3. The van der Waals surface area contributed by atoms with Crippen LogP contribution in [0.1, 0.15) is 38.9 Å². The average molecular weight is 412 g/mol. The standard InChI is InChI=1S/C31H29B/c1-6-24-13-15-25(16-14-24)27-17-23(5)31-28(19-27)18-26-12-8-11-22(4)30(26)32(31)29-20(2)9-7-10-21(29)3/h6-17,19H,1,18H2,2-5H3. The van der Waals surface area contributed by atoms with Gasteiger partial charge in [0.05, 0.1) is 0 Å². The monoisotopic (exact) mass is 412 g/mol. The maximum Gasteiger partial charge on any atom is 0.243 e. The summed E-state index contributed by atoms with van der Waals surface area (Å²) in [4.78, 5) is 0. The van der Waals surface area contributed by atoms with Gasteiger partial charge in [-0.3, -0.25) is 0 Å². The second-order valence-electron chi connectivity index (χ2n) is 9.26. The minimum atomic E-state index is 0.286. The molecule has 1 heteroatoms. The molecule has 0 spiro atoms. The van der Waals surface area contributed by atoms with Gasteiger partial charge in [-0.25, -0.2) is 0 Å². The summed E-state index contributed by atoms with van der Waals surface area (Å²) in [7, 11) is 0. The predicted octanol–water partition coefficient (Wildman–Crippen LogP) is 5.65. The lowest BCUT2D eigenvalue weighted by atomic mass is 9.31. The Bertz CT molecular complexity index is 1300. The third-order valence-corrected chi connectivity index (χ3v) is 7.16. The zero-order valence-electron chi connectivity index (χ0n) is 19.5. The van der Waals surface area contributed by atoms with Crippen LogP contribution in [0.5, 0.6) is 0 Å². The zero-order valence-corrected chi connectivity index (χ0v) is 19.5. The maximum absolute atomic E-state index is 3.88. The third-order valence-electron chi connectivity index (χ3n) is 7.16. The lowest BCUT2D eigenvalue weighted by Crippen LogP contribution is -2.60. The van der Waals surface area contributed by atoms with Crippen LogP contribution >= 0.6 is 0 Å². The topological polar surface area (TPSA) is 0 Å². The van der Waals surface area contributed by atoms with E-state index < -0.39 is 0 Å². The van der Waals surface area contributed by atoms with Crippen LogP contribution in [0.2, 0.25) is 0 Å². The molecule has 0 saturated heterocycles. The Morgan fingerprint density at radius 1 is 0.625 bits per heavy atom. The van der Waals surface area contributed by atoms with Gasteiger partial charge in [0.25, 0.3) is 0 Å². The molecule has 0 nitrogen and oxygen atoms in total. The molecule has 0 N–H and O–H groups in total. The van der Waals surface area contributed by atoms with Crippen LogP contribution in [0.3, 0.4) is 0 Å². The summed E-state index contributed by atoms with van der Waals surface area (Å²) in [6.07, 6.45) is 2.89. The molecule has 0 aromatic heterocycles. The second kappa shape index (κ2) is 7.99. The third kappa shape index (κ3) is 3.33. The summed E-state index contributed by atoms with van der Waals surface area (Å²) < 4.78 is 0. The molecule has 4 aromatic rings. The molecule has 1 heterocycles. The first-order valence-corrected chi connectivity index (χ1v) is 11.5. The van der Waals surface area contributed by atoms with E-state index in [0.29, 0.717) is 0 Å². The van der Waals surface area contributed by atoms with Crippen molar-refractivity contribution >= 4 is 29.2 Å². The van der Waals surface area contributed by atoms with E-state index in [0.717, 1.165) is 12.0 Å². The lowest BCUT2D eigenvalue weighted by molar-refractivity contribution is 1.19. The van der Waals surface area contributed by atoms with Gasteiger partial charge in [0.15, 0.2) is 0 Å². The highest BCUT2D eigenvalue weighted by molar-refractivity contribution is 6.97. The summed E-state index contributed by atoms with van der Waals surface area (Å²) in [5.41, 5.74) is 16.6. The predicted molar refractivity (Wildman–Crippen MR) is 141 cm³/mol. The van der Waals surface area contributed by atoms with Crippen LogP contribution in [0.25, 0.3) is 17.2 Å². The number of aryl methyl sites for hydroxylation is 4. The van der Waals surface area contributed by atoms with Crippen molar-refractivity contribution in [2.45, 2.75) is 34.1 Å². The molecule has 0 radical (unpaired) electrons. The van der Waals surface area contributed by atoms with Gasteiger partial charge in [-0.15, -0.1) is 0 Å². The van der Waals surface area contributed by atoms with Gasteiger partial charge in [0.1, 0.15) is 0 Å². The van der Waals surface area contributed by atoms with Crippen LogP contribution < -0.4 is 16.4 Å². The van der Waals surface area contributed by atoms with Gasteiger partial charge < -0.3 is 0 Å². The van der Waals surface area contributed by atoms with Gasteiger partial charge in [0.2, 0.25) is 6.71 Å². The van der Waals surface area contributed by atoms with Crippen LogP contribution in [-0.2, 0) is 6.42 Å². The summed E-state index contributed by atoms with van der Waals surface area (Å²) in [6, 6.07) is 27.0. The van der Waals surface area contributed by atoms with Crippen molar-refractivity contribution < 1.29 is 0 Å². The highest BCUT2D eigenvalue weighted by Gasteiger charge is 2.34. The lowest BCUT2D eigenvalue weighted by Gasteiger charge is -2.32. The van der Waals surface area contributed by atoms with E-state index in [1.165, 1.54) is 60.9 Å². The van der Waals surface area contributed by atoms with Gasteiger partial charge in [0, 0.05) is 0 Å². The van der Waals surface area contributed by atoms with E-state index in [-0.39, 0.29) is 6.71 Å². The molecule has 5 rings (SSSR count). The molecule has 0 aliphatic carbocycles. The van der Waals surface area contributed by atoms with Crippen LogP contribution in [0.4, 0.5) is 0 Å². The molecule has 1 aliphatic heterocycles. The SMILES string of the molecule is C=Cc1ccc(-c2cc(C)c3c(c2)Cc2cccc(C)c2B3c2c(C)cccc2C)cc1. The van der Waals surface area contributed by atoms with Crippen molar-refractivity contribution in [1.82, 2.24) is 0 Å².